The minimum atomic E-state index is 0.0685. The smallest absolute Gasteiger partial charge is 0.162 e. The maximum atomic E-state index is 11.5. The Kier molecular flexibility index (Phi) is 2.54. The van der Waals surface area contributed by atoms with Crippen molar-refractivity contribution >= 4 is 16.7 Å². The second kappa shape index (κ2) is 3.74. The van der Waals surface area contributed by atoms with Gasteiger partial charge in [-0.05, 0) is 18.9 Å². The van der Waals surface area contributed by atoms with Crippen molar-refractivity contribution in [1.29, 1.82) is 0 Å². The maximum absolute atomic E-state index is 11.5. The molecular formula is C13H16N2O. The lowest BCUT2D eigenvalue weighted by atomic mass is 10.0. The van der Waals surface area contributed by atoms with Crippen molar-refractivity contribution < 1.29 is 4.79 Å². The van der Waals surface area contributed by atoms with Gasteiger partial charge in [-0.25, -0.2) is 0 Å². The van der Waals surface area contributed by atoms with Crippen LogP contribution in [0.5, 0.6) is 0 Å². The van der Waals surface area contributed by atoms with Gasteiger partial charge in [0, 0.05) is 23.7 Å². The predicted octanol–water partition coefficient (Wildman–Crippen LogP) is 2.90. The van der Waals surface area contributed by atoms with Crippen LogP contribution in [0.15, 0.2) is 18.2 Å². The van der Waals surface area contributed by atoms with Gasteiger partial charge in [0.05, 0.1) is 0 Å². The van der Waals surface area contributed by atoms with Gasteiger partial charge in [0.2, 0.25) is 0 Å². The van der Waals surface area contributed by atoms with E-state index in [9.17, 15) is 4.79 Å². The summed E-state index contributed by atoms with van der Waals surface area (Å²) in [4.78, 5) is 11.5. The van der Waals surface area contributed by atoms with Crippen molar-refractivity contribution in [3.63, 3.8) is 0 Å². The third-order valence-corrected chi connectivity index (χ3v) is 2.84. The van der Waals surface area contributed by atoms with E-state index in [1.54, 1.807) is 6.92 Å². The molecule has 2 rings (SSSR count). The van der Waals surface area contributed by atoms with E-state index in [0.717, 1.165) is 10.9 Å². The van der Waals surface area contributed by atoms with Crippen molar-refractivity contribution in [2.24, 2.45) is 7.05 Å². The number of benzene rings is 1. The van der Waals surface area contributed by atoms with Crippen LogP contribution in [-0.4, -0.2) is 15.6 Å². The van der Waals surface area contributed by atoms with Crippen LogP contribution in [0.3, 0.4) is 0 Å². The lowest BCUT2D eigenvalue weighted by Gasteiger charge is -2.05. The summed E-state index contributed by atoms with van der Waals surface area (Å²) >= 11 is 0. The number of aryl methyl sites for hydroxylation is 1. The Morgan fingerprint density at radius 3 is 2.62 bits per heavy atom. The minimum absolute atomic E-state index is 0.0685. The fourth-order valence-corrected chi connectivity index (χ4v) is 2.20. The van der Waals surface area contributed by atoms with Gasteiger partial charge in [-0.15, -0.1) is 0 Å². The fourth-order valence-electron chi connectivity index (χ4n) is 2.20. The van der Waals surface area contributed by atoms with Crippen molar-refractivity contribution in [2.75, 3.05) is 0 Å². The molecule has 0 aliphatic heterocycles. The molecule has 0 bridgehead atoms. The Labute approximate surface area is 95.1 Å². The van der Waals surface area contributed by atoms with E-state index in [1.807, 2.05) is 29.9 Å². The van der Waals surface area contributed by atoms with Crippen LogP contribution >= 0.6 is 0 Å². The molecule has 0 fully saturated rings. The summed E-state index contributed by atoms with van der Waals surface area (Å²) in [6.45, 7) is 5.85. The lowest BCUT2D eigenvalue weighted by Crippen LogP contribution is -1.99. The zero-order valence-corrected chi connectivity index (χ0v) is 10.1. The van der Waals surface area contributed by atoms with Gasteiger partial charge < -0.3 is 0 Å². The molecule has 1 aromatic carbocycles. The Morgan fingerprint density at radius 2 is 2.06 bits per heavy atom. The highest BCUT2D eigenvalue weighted by Crippen LogP contribution is 2.26. The molecule has 0 unspecified atom stereocenters. The summed E-state index contributed by atoms with van der Waals surface area (Å²) in [6.07, 6.45) is 0. The van der Waals surface area contributed by atoms with Crippen LogP contribution in [0.2, 0.25) is 0 Å². The highest BCUT2D eigenvalue weighted by Gasteiger charge is 2.15. The molecule has 0 amide bonds. The number of ketones is 1. The average molecular weight is 216 g/mol. The molecule has 0 N–H and O–H groups in total. The molecular weight excluding hydrogens is 200 g/mol. The minimum Gasteiger partial charge on any atom is -0.294 e. The number of carbonyl (C=O) groups is 1. The third kappa shape index (κ3) is 1.52. The van der Waals surface area contributed by atoms with Gasteiger partial charge in [0.1, 0.15) is 5.52 Å². The van der Waals surface area contributed by atoms with Crippen molar-refractivity contribution in [1.82, 2.24) is 9.78 Å². The average Bonchev–Trinajstić information content (AvgIpc) is 2.52. The van der Waals surface area contributed by atoms with Crippen LogP contribution in [0, 0.1) is 0 Å². The Hall–Kier alpha value is -1.64. The van der Waals surface area contributed by atoms with Gasteiger partial charge >= 0.3 is 0 Å². The normalized spacial score (nSPS) is 11.3. The van der Waals surface area contributed by atoms with E-state index >= 15 is 0 Å². The van der Waals surface area contributed by atoms with E-state index in [2.05, 4.69) is 18.9 Å². The van der Waals surface area contributed by atoms with Crippen molar-refractivity contribution in [2.45, 2.75) is 26.7 Å². The summed E-state index contributed by atoms with van der Waals surface area (Å²) < 4.78 is 1.88. The fraction of sp³-hybridized carbons (Fsp3) is 0.385. The zero-order valence-electron chi connectivity index (χ0n) is 10.1. The van der Waals surface area contributed by atoms with E-state index in [4.69, 9.17) is 0 Å². The van der Waals surface area contributed by atoms with Gasteiger partial charge in [0.25, 0.3) is 0 Å². The van der Waals surface area contributed by atoms with Crippen molar-refractivity contribution in [3.05, 3.63) is 29.5 Å². The first-order valence-electron chi connectivity index (χ1n) is 5.49. The molecule has 0 spiro atoms. The summed E-state index contributed by atoms with van der Waals surface area (Å²) in [5.41, 5.74) is 2.71. The summed E-state index contributed by atoms with van der Waals surface area (Å²) in [5.74, 6) is 0.469. The van der Waals surface area contributed by atoms with E-state index in [-0.39, 0.29) is 5.78 Å². The van der Waals surface area contributed by atoms with E-state index in [1.165, 1.54) is 5.69 Å². The van der Waals surface area contributed by atoms with Gasteiger partial charge in [-0.1, -0.05) is 26.0 Å². The molecule has 0 saturated heterocycles. The number of aromatic nitrogens is 2. The summed E-state index contributed by atoms with van der Waals surface area (Å²) in [5, 5.41) is 5.54. The quantitative estimate of drug-likeness (QED) is 0.723. The first-order chi connectivity index (χ1) is 7.52. The molecule has 1 aromatic heterocycles. The summed E-state index contributed by atoms with van der Waals surface area (Å²) in [7, 11) is 1.93. The molecule has 0 saturated carbocycles. The number of rotatable bonds is 2. The van der Waals surface area contributed by atoms with Crippen LogP contribution in [0.1, 0.15) is 42.7 Å². The van der Waals surface area contributed by atoms with Gasteiger partial charge in [-0.2, -0.15) is 5.10 Å². The predicted molar refractivity (Wildman–Crippen MR) is 64.8 cm³/mol. The largest absolute Gasteiger partial charge is 0.294 e. The van der Waals surface area contributed by atoms with Crippen LogP contribution < -0.4 is 0 Å². The molecule has 1 heterocycles. The molecule has 2 aromatic rings. The number of nitrogens with zero attached hydrogens (tertiary/aromatic N) is 2. The monoisotopic (exact) mass is 216 g/mol. The number of hydrogen-bond acceptors (Lipinski definition) is 2. The molecule has 84 valence electrons. The molecule has 0 radical (unpaired) electrons. The lowest BCUT2D eigenvalue weighted by molar-refractivity contribution is 0.101. The van der Waals surface area contributed by atoms with Crippen LogP contribution in [-0.2, 0) is 7.05 Å². The molecule has 0 atom stereocenters. The van der Waals surface area contributed by atoms with E-state index in [0.29, 0.717) is 11.5 Å². The molecule has 3 nitrogen and oxygen atoms in total. The van der Waals surface area contributed by atoms with Gasteiger partial charge in [-0.3, -0.25) is 9.48 Å². The van der Waals surface area contributed by atoms with E-state index < -0.39 is 0 Å². The number of hydrogen-bond donors (Lipinski definition) is 0. The first-order valence-corrected chi connectivity index (χ1v) is 5.49. The molecule has 3 heteroatoms. The Bertz CT molecular complexity index is 552. The SMILES string of the molecule is CC(=O)c1cccc2c(C(C)C)n(C)nc12. The Balaban J connectivity index is 2.83. The first kappa shape index (κ1) is 10.9. The molecule has 0 aliphatic carbocycles. The highest BCUT2D eigenvalue weighted by molar-refractivity contribution is 6.06. The number of carbonyl (C=O) groups excluding carboxylic acids is 1. The summed E-state index contributed by atoms with van der Waals surface area (Å²) in [6, 6.07) is 5.79. The number of fused-ring (bicyclic) bond motifs is 1. The highest BCUT2D eigenvalue weighted by atomic mass is 16.1. The Morgan fingerprint density at radius 1 is 1.38 bits per heavy atom. The van der Waals surface area contributed by atoms with Crippen LogP contribution in [0.25, 0.3) is 10.9 Å². The van der Waals surface area contributed by atoms with Crippen LogP contribution in [0.4, 0.5) is 0 Å². The maximum Gasteiger partial charge on any atom is 0.162 e. The topological polar surface area (TPSA) is 34.9 Å². The zero-order chi connectivity index (χ0) is 11.9. The van der Waals surface area contributed by atoms with Crippen molar-refractivity contribution in [3.8, 4) is 0 Å². The van der Waals surface area contributed by atoms with Gasteiger partial charge in [0.15, 0.2) is 5.78 Å². The third-order valence-electron chi connectivity index (χ3n) is 2.84. The molecule has 16 heavy (non-hydrogen) atoms. The second-order valence-corrected chi connectivity index (χ2v) is 4.42. The second-order valence-electron chi connectivity index (χ2n) is 4.42. The standard InChI is InChI=1S/C13H16N2O/c1-8(2)13-11-7-5-6-10(9(3)16)12(11)14-15(13)4/h5-8H,1-4H3. The molecule has 0 aliphatic rings. The number of Topliss-reactive ketones (excluding diaryl/α,β-unsaturated/α-hetero) is 1.